The van der Waals surface area contributed by atoms with E-state index in [4.69, 9.17) is 4.74 Å². The van der Waals surface area contributed by atoms with E-state index in [1.165, 1.54) is 0 Å². The Morgan fingerprint density at radius 1 is 0.973 bits per heavy atom. The molecule has 1 N–H and O–H groups in total. The lowest BCUT2D eigenvalue weighted by Gasteiger charge is -2.42. The summed E-state index contributed by atoms with van der Waals surface area (Å²) in [6, 6.07) is 15.1. The van der Waals surface area contributed by atoms with E-state index in [0.717, 1.165) is 42.1 Å². The van der Waals surface area contributed by atoms with E-state index in [-0.39, 0.29) is 11.3 Å². The number of rotatable bonds is 7. The zero-order valence-electron chi connectivity index (χ0n) is 20.4. The van der Waals surface area contributed by atoms with Gasteiger partial charge in [-0.25, -0.2) is 13.8 Å². The van der Waals surface area contributed by atoms with Crippen LogP contribution in [-0.2, 0) is 13.0 Å². The first-order chi connectivity index (χ1) is 17.7. The molecule has 2 aliphatic heterocycles. The summed E-state index contributed by atoms with van der Waals surface area (Å²) in [5, 5.41) is 1.82. The molecule has 196 valence electrons. The topological polar surface area (TPSA) is 27.7 Å². The van der Waals surface area contributed by atoms with E-state index in [1.807, 2.05) is 35.3 Å². The molecule has 0 saturated carbocycles. The minimum Gasteiger partial charge on any atom is -0.489 e. The molecule has 2 atom stereocenters. The van der Waals surface area contributed by atoms with E-state index in [9.17, 15) is 13.2 Å². The number of hydrogen-bond acceptors (Lipinski definition) is 4. The standard InChI is InChI=1S/C28H28F5N3O/c1-18-12-20-13-22(37-16-19-6-3-2-4-7-19)8-9-23(20)27(36(18)17-28(31,32)33)26-24(29)14-21(15-25(26)30)34-35-10-5-11-35/h2-4,6-9,13-15,18,27,34H,5,10-12,16-17H2,1H3/t18-,27+/m1/s1. The zero-order chi connectivity index (χ0) is 26.2. The predicted octanol–water partition coefficient (Wildman–Crippen LogP) is 6.47. The molecule has 1 fully saturated rings. The van der Waals surface area contributed by atoms with Gasteiger partial charge in [0.25, 0.3) is 0 Å². The van der Waals surface area contributed by atoms with Gasteiger partial charge in [-0.3, -0.25) is 4.90 Å². The van der Waals surface area contributed by atoms with E-state index in [1.54, 1.807) is 25.1 Å². The first-order valence-electron chi connectivity index (χ1n) is 12.3. The average molecular weight is 518 g/mol. The van der Waals surface area contributed by atoms with E-state index >= 15 is 8.78 Å². The van der Waals surface area contributed by atoms with Gasteiger partial charge in [0.15, 0.2) is 0 Å². The second kappa shape index (κ2) is 10.3. The fraction of sp³-hybridized carbons (Fsp3) is 0.357. The van der Waals surface area contributed by atoms with Crippen molar-refractivity contribution in [2.75, 3.05) is 25.1 Å². The van der Waals surface area contributed by atoms with Crippen molar-refractivity contribution >= 4 is 5.69 Å². The summed E-state index contributed by atoms with van der Waals surface area (Å²) in [4.78, 5) is 1.14. The summed E-state index contributed by atoms with van der Waals surface area (Å²) in [7, 11) is 0. The summed E-state index contributed by atoms with van der Waals surface area (Å²) < 4.78 is 77.6. The van der Waals surface area contributed by atoms with Gasteiger partial charge in [-0.15, -0.1) is 0 Å². The van der Waals surface area contributed by atoms with Crippen LogP contribution in [0.1, 0.15) is 41.6 Å². The summed E-state index contributed by atoms with van der Waals surface area (Å²) >= 11 is 0. The smallest absolute Gasteiger partial charge is 0.401 e. The first-order valence-corrected chi connectivity index (χ1v) is 12.3. The van der Waals surface area contributed by atoms with Crippen LogP contribution >= 0.6 is 0 Å². The molecule has 5 rings (SSSR count). The maximum Gasteiger partial charge on any atom is 0.401 e. The van der Waals surface area contributed by atoms with Gasteiger partial charge in [-0.2, -0.15) is 13.2 Å². The molecule has 9 heteroatoms. The van der Waals surface area contributed by atoms with E-state index in [0.29, 0.717) is 29.9 Å². The van der Waals surface area contributed by atoms with Crippen LogP contribution < -0.4 is 10.2 Å². The summed E-state index contributed by atoms with van der Waals surface area (Å²) in [6.45, 7) is 2.21. The molecule has 0 aromatic heterocycles. The molecular formula is C28H28F5N3O. The van der Waals surface area contributed by atoms with Crippen molar-refractivity contribution < 1.29 is 26.7 Å². The average Bonchev–Trinajstić information content (AvgIpc) is 2.81. The van der Waals surface area contributed by atoms with Gasteiger partial charge in [0.1, 0.15) is 24.0 Å². The molecule has 1 saturated heterocycles. The van der Waals surface area contributed by atoms with E-state index in [2.05, 4.69) is 5.43 Å². The summed E-state index contributed by atoms with van der Waals surface area (Å²) in [5.41, 5.74) is 4.91. The molecule has 3 aromatic carbocycles. The molecule has 0 amide bonds. The first kappa shape index (κ1) is 25.5. The third kappa shape index (κ3) is 5.72. The lowest BCUT2D eigenvalue weighted by atomic mass is 9.84. The molecule has 0 spiro atoms. The number of halogens is 5. The van der Waals surface area contributed by atoms with Crippen LogP contribution in [-0.4, -0.2) is 41.8 Å². The van der Waals surface area contributed by atoms with Crippen molar-refractivity contribution in [3.8, 4) is 5.75 Å². The fourth-order valence-electron chi connectivity index (χ4n) is 5.02. The number of ether oxygens (including phenoxy) is 1. The third-order valence-electron chi connectivity index (χ3n) is 6.93. The quantitative estimate of drug-likeness (QED) is 0.364. The van der Waals surface area contributed by atoms with Crippen LogP contribution in [0.5, 0.6) is 5.75 Å². The monoisotopic (exact) mass is 517 g/mol. The lowest BCUT2D eigenvalue weighted by molar-refractivity contribution is -0.155. The number of hydrogen-bond donors (Lipinski definition) is 1. The Morgan fingerprint density at radius 3 is 2.30 bits per heavy atom. The highest BCUT2D eigenvalue weighted by atomic mass is 19.4. The maximum absolute atomic E-state index is 15.5. The minimum absolute atomic E-state index is 0.231. The number of benzene rings is 3. The number of alkyl halides is 3. The Morgan fingerprint density at radius 2 is 1.68 bits per heavy atom. The molecule has 2 heterocycles. The number of anilines is 1. The number of hydrazine groups is 1. The van der Waals surface area contributed by atoms with Crippen LogP contribution in [0.2, 0.25) is 0 Å². The van der Waals surface area contributed by atoms with E-state index < -0.39 is 36.4 Å². The molecule has 0 unspecified atom stereocenters. The second-order valence-corrected chi connectivity index (χ2v) is 9.68. The number of nitrogens with one attached hydrogen (secondary N) is 1. The normalized spacial score (nSPS) is 20.3. The van der Waals surface area contributed by atoms with Crippen LogP contribution in [0.25, 0.3) is 0 Å². The number of nitrogens with zero attached hydrogens (tertiary/aromatic N) is 2. The Hall–Kier alpha value is -3.17. The highest BCUT2D eigenvalue weighted by molar-refractivity contribution is 5.50. The highest BCUT2D eigenvalue weighted by Crippen LogP contribution is 2.43. The van der Waals surface area contributed by atoms with Gasteiger partial charge >= 0.3 is 6.18 Å². The van der Waals surface area contributed by atoms with Gasteiger partial charge in [-0.05, 0) is 60.7 Å². The minimum atomic E-state index is -4.53. The van der Waals surface area contributed by atoms with Crippen molar-refractivity contribution in [1.82, 2.24) is 9.91 Å². The highest BCUT2D eigenvalue weighted by Gasteiger charge is 2.42. The molecule has 0 aliphatic carbocycles. The fourth-order valence-corrected chi connectivity index (χ4v) is 5.02. The second-order valence-electron chi connectivity index (χ2n) is 9.68. The van der Waals surface area contributed by atoms with Gasteiger partial charge in [-0.1, -0.05) is 36.4 Å². The van der Waals surface area contributed by atoms with Gasteiger partial charge in [0.2, 0.25) is 0 Å². The molecule has 0 radical (unpaired) electrons. The van der Waals surface area contributed by atoms with Crippen LogP contribution in [0.15, 0.2) is 60.7 Å². The summed E-state index contributed by atoms with van der Waals surface area (Å²) in [5.74, 6) is -1.22. The molecule has 37 heavy (non-hydrogen) atoms. The molecular weight excluding hydrogens is 489 g/mol. The predicted molar refractivity (Wildman–Crippen MR) is 131 cm³/mol. The SMILES string of the molecule is C[C@@H]1Cc2cc(OCc3ccccc3)ccc2[C@@H](c2c(F)cc(NN3CCC3)cc2F)N1CC(F)(F)F. The van der Waals surface area contributed by atoms with Crippen molar-refractivity contribution in [3.05, 3.63) is 94.6 Å². The largest absolute Gasteiger partial charge is 0.489 e. The Kier molecular flexibility index (Phi) is 7.09. The van der Waals surface area contributed by atoms with Crippen LogP contribution in [0, 0.1) is 11.6 Å². The van der Waals surface area contributed by atoms with Crippen molar-refractivity contribution in [2.24, 2.45) is 0 Å². The maximum atomic E-state index is 15.5. The summed E-state index contributed by atoms with van der Waals surface area (Å²) in [6.07, 6.45) is -3.26. The Bertz CT molecular complexity index is 1220. The van der Waals surface area contributed by atoms with Gasteiger partial charge < -0.3 is 10.2 Å². The number of fused-ring (bicyclic) bond motifs is 1. The van der Waals surface area contributed by atoms with Crippen molar-refractivity contribution in [2.45, 2.75) is 44.6 Å². The third-order valence-corrected chi connectivity index (χ3v) is 6.93. The Balaban J connectivity index is 1.50. The van der Waals surface area contributed by atoms with Crippen molar-refractivity contribution in [3.63, 3.8) is 0 Å². The van der Waals surface area contributed by atoms with Crippen LogP contribution in [0.4, 0.5) is 27.6 Å². The van der Waals surface area contributed by atoms with Gasteiger partial charge in [0, 0.05) is 24.7 Å². The Labute approximate surface area is 212 Å². The van der Waals surface area contributed by atoms with Crippen molar-refractivity contribution in [1.29, 1.82) is 0 Å². The molecule has 3 aromatic rings. The lowest BCUT2D eigenvalue weighted by Crippen LogP contribution is -2.47. The zero-order valence-corrected chi connectivity index (χ0v) is 20.4. The van der Waals surface area contributed by atoms with Crippen LogP contribution in [0.3, 0.4) is 0 Å². The molecule has 2 aliphatic rings. The molecule has 4 nitrogen and oxygen atoms in total. The van der Waals surface area contributed by atoms with Gasteiger partial charge in [0.05, 0.1) is 18.3 Å². The molecule has 0 bridgehead atoms.